The first-order valence-corrected chi connectivity index (χ1v) is 5.33. The van der Waals surface area contributed by atoms with Crippen molar-refractivity contribution in [3.63, 3.8) is 0 Å². The number of hydrogen-bond acceptors (Lipinski definition) is 2. The van der Waals surface area contributed by atoms with Crippen LogP contribution in [0.15, 0.2) is 0 Å². The zero-order valence-corrected chi connectivity index (χ0v) is 7.40. The van der Waals surface area contributed by atoms with Crippen LogP contribution in [0, 0.1) is 0 Å². The lowest BCUT2D eigenvalue weighted by Gasteiger charge is -2.25. The van der Waals surface area contributed by atoms with E-state index >= 15 is 0 Å². The topological polar surface area (TPSA) is 37.3 Å². The van der Waals surface area contributed by atoms with Gasteiger partial charge in [0.05, 0.1) is 6.35 Å². The van der Waals surface area contributed by atoms with Crippen LogP contribution in [0.25, 0.3) is 0 Å². The van der Waals surface area contributed by atoms with E-state index in [-0.39, 0.29) is 11.5 Å². The maximum Gasteiger partial charge on any atom is 0.114 e. The second-order valence-electron chi connectivity index (χ2n) is 3.41. The lowest BCUT2D eigenvalue weighted by molar-refractivity contribution is 0.353. The SMILES string of the molecule is CC(C)(C)[P@](C)(=O)CO. The Bertz CT molecular complexity index is 134. The van der Waals surface area contributed by atoms with Crippen molar-refractivity contribution in [1.29, 1.82) is 0 Å². The van der Waals surface area contributed by atoms with Gasteiger partial charge >= 0.3 is 0 Å². The summed E-state index contributed by atoms with van der Waals surface area (Å²) in [5.74, 6) is 0. The maximum atomic E-state index is 11.4. The molecule has 56 valence electrons. The third kappa shape index (κ3) is 2.11. The minimum absolute atomic E-state index is 0.184. The zero-order valence-electron chi connectivity index (χ0n) is 6.51. The summed E-state index contributed by atoms with van der Waals surface area (Å²) in [4.78, 5) is 0. The Labute approximate surface area is 56.6 Å². The molecule has 0 aliphatic rings. The van der Waals surface area contributed by atoms with E-state index in [1.807, 2.05) is 20.8 Å². The normalized spacial score (nSPS) is 19.2. The monoisotopic (exact) mass is 150 g/mol. The largest absolute Gasteiger partial charge is 0.389 e. The molecule has 0 bridgehead atoms. The highest BCUT2D eigenvalue weighted by Crippen LogP contribution is 2.53. The highest BCUT2D eigenvalue weighted by Gasteiger charge is 2.30. The summed E-state index contributed by atoms with van der Waals surface area (Å²) < 4.78 is 11.4. The summed E-state index contributed by atoms with van der Waals surface area (Å²) >= 11 is 0. The van der Waals surface area contributed by atoms with Crippen LogP contribution in [0.5, 0.6) is 0 Å². The number of aliphatic hydroxyl groups is 1. The third-order valence-corrected chi connectivity index (χ3v) is 5.07. The summed E-state index contributed by atoms with van der Waals surface area (Å²) in [6, 6.07) is 0. The van der Waals surface area contributed by atoms with Crippen molar-refractivity contribution in [2.45, 2.75) is 25.9 Å². The number of aliphatic hydroxyl groups excluding tert-OH is 1. The predicted molar refractivity (Wildman–Crippen MR) is 40.4 cm³/mol. The summed E-state index contributed by atoms with van der Waals surface area (Å²) in [7, 11) is -2.30. The molecule has 0 aliphatic carbocycles. The van der Waals surface area contributed by atoms with Crippen molar-refractivity contribution in [3.05, 3.63) is 0 Å². The van der Waals surface area contributed by atoms with E-state index in [1.165, 1.54) is 0 Å². The summed E-state index contributed by atoms with van der Waals surface area (Å²) in [5.41, 5.74) is 0. The second kappa shape index (κ2) is 2.43. The van der Waals surface area contributed by atoms with Gasteiger partial charge in [0.2, 0.25) is 0 Å². The summed E-state index contributed by atoms with van der Waals surface area (Å²) in [5, 5.41) is 8.42. The molecule has 0 saturated carbocycles. The minimum atomic E-state index is -2.30. The first kappa shape index (κ1) is 9.19. The van der Waals surface area contributed by atoms with Crippen LogP contribution in [0.3, 0.4) is 0 Å². The van der Waals surface area contributed by atoms with Crippen LogP contribution in [-0.2, 0) is 4.57 Å². The van der Waals surface area contributed by atoms with Gasteiger partial charge in [-0.3, -0.25) is 0 Å². The first-order valence-electron chi connectivity index (χ1n) is 2.99. The Kier molecular flexibility index (Phi) is 2.48. The van der Waals surface area contributed by atoms with Crippen LogP contribution in [0.4, 0.5) is 0 Å². The number of rotatable bonds is 1. The van der Waals surface area contributed by atoms with Crippen LogP contribution in [0.2, 0.25) is 0 Å². The van der Waals surface area contributed by atoms with Crippen LogP contribution < -0.4 is 0 Å². The van der Waals surface area contributed by atoms with Crippen molar-refractivity contribution in [2.24, 2.45) is 0 Å². The molecule has 0 rings (SSSR count). The van der Waals surface area contributed by atoms with E-state index in [2.05, 4.69) is 0 Å². The van der Waals surface area contributed by atoms with Crippen molar-refractivity contribution in [2.75, 3.05) is 13.0 Å². The van der Waals surface area contributed by atoms with Crippen molar-refractivity contribution < 1.29 is 9.67 Å². The van der Waals surface area contributed by atoms with Crippen LogP contribution in [0.1, 0.15) is 20.8 Å². The third-order valence-electron chi connectivity index (χ3n) is 1.69. The van der Waals surface area contributed by atoms with E-state index in [9.17, 15) is 4.57 Å². The molecule has 0 amide bonds. The molecular formula is C6H15O2P. The highest BCUT2D eigenvalue weighted by atomic mass is 31.2. The van der Waals surface area contributed by atoms with E-state index < -0.39 is 7.14 Å². The van der Waals surface area contributed by atoms with Gasteiger partial charge in [0.25, 0.3) is 0 Å². The second-order valence-corrected chi connectivity index (χ2v) is 7.24. The lowest BCUT2D eigenvalue weighted by atomic mass is 10.3. The predicted octanol–water partition coefficient (Wildman–Crippen LogP) is 1.73. The van der Waals surface area contributed by atoms with Crippen molar-refractivity contribution in [3.8, 4) is 0 Å². The van der Waals surface area contributed by atoms with Gasteiger partial charge in [-0.1, -0.05) is 20.8 Å². The Balaban J connectivity index is 4.35. The Morgan fingerprint density at radius 2 is 1.78 bits per heavy atom. The fourth-order valence-electron chi connectivity index (χ4n) is 0.212. The molecule has 0 radical (unpaired) electrons. The van der Waals surface area contributed by atoms with E-state index in [0.29, 0.717) is 0 Å². The van der Waals surface area contributed by atoms with Crippen molar-refractivity contribution in [1.82, 2.24) is 0 Å². The molecule has 1 N–H and O–H groups in total. The molecule has 0 saturated heterocycles. The molecule has 3 heteroatoms. The molecular weight excluding hydrogens is 135 g/mol. The van der Waals surface area contributed by atoms with Crippen molar-refractivity contribution >= 4 is 7.14 Å². The molecule has 1 atom stereocenters. The fraction of sp³-hybridized carbons (Fsp3) is 1.00. The van der Waals surface area contributed by atoms with Gasteiger partial charge in [0.1, 0.15) is 7.14 Å². The van der Waals surface area contributed by atoms with Gasteiger partial charge in [0, 0.05) is 5.16 Å². The smallest absolute Gasteiger partial charge is 0.114 e. The van der Waals surface area contributed by atoms with Gasteiger partial charge in [-0.25, -0.2) is 0 Å². The molecule has 0 aromatic heterocycles. The molecule has 9 heavy (non-hydrogen) atoms. The van der Waals surface area contributed by atoms with Gasteiger partial charge in [-0.2, -0.15) is 0 Å². The standard InChI is InChI=1S/C6H15O2P/c1-6(2,3)9(4,8)5-7/h7H,5H2,1-4H3/t9-/m1/s1. The molecule has 0 aliphatic heterocycles. The van der Waals surface area contributed by atoms with E-state index in [1.54, 1.807) is 6.66 Å². The maximum absolute atomic E-state index is 11.4. The van der Waals surface area contributed by atoms with E-state index in [0.717, 1.165) is 0 Å². The molecule has 0 aromatic carbocycles. The Hall–Kier alpha value is 0.190. The average Bonchev–Trinajstić information content (AvgIpc) is 1.64. The molecule has 0 heterocycles. The highest BCUT2D eigenvalue weighted by molar-refractivity contribution is 7.64. The molecule has 0 spiro atoms. The van der Waals surface area contributed by atoms with Gasteiger partial charge in [-0.05, 0) is 6.66 Å². The molecule has 2 nitrogen and oxygen atoms in total. The number of hydrogen-bond donors (Lipinski definition) is 1. The molecule has 0 aromatic rings. The first-order chi connectivity index (χ1) is 3.81. The summed E-state index contributed by atoms with van der Waals surface area (Å²) in [6.45, 7) is 7.27. The summed E-state index contributed by atoms with van der Waals surface area (Å²) in [6.07, 6.45) is -0.184. The Morgan fingerprint density at radius 1 is 1.44 bits per heavy atom. The van der Waals surface area contributed by atoms with Crippen LogP contribution in [-0.4, -0.2) is 23.3 Å². The van der Waals surface area contributed by atoms with E-state index in [4.69, 9.17) is 5.11 Å². The fourth-order valence-corrected chi connectivity index (χ4v) is 0.636. The zero-order chi connectivity index (χ0) is 7.71. The quantitative estimate of drug-likeness (QED) is 0.578. The lowest BCUT2D eigenvalue weighted by Crippen LogP contribution is -2.15. The molecule has 0 unspecified atom stereocenters. The van der Waals surface area contributed by atoms with Gasteiger partial charge < -0.3 is 9.67 Å². The van der Waals surface area contributed by atoms with Gasteiger partial charge in [0.15, 0.2) is 0 Å². The molecule has 0 fully saturated rings. The minimum Gasteiger partial charge on any atom is -0.389 e. The van der Waals surface area contributed by atoms with Gasteiger partial charge in [-0.15, -0.1) is 0 Å². The average molecular weight is 150 g/mol. The van der Waals surface area contributed by atoms with Crippen LogP contribution >= 0.6 is 7.14 Å². The Morgan fingerprint density at radius 3 is 1.78 bits per heavy atom.